The van der Waals surface area contributed by atoms with Crippen molar-refractivity contribution in [2.45, 2.75) is 6.54 Å². The lowest BCUT2D eigenvalue weighted by molar-refractivity contribution is 0.428. The normalized spacial score (nSPS) is 10.6. The van der Waals surface area contributed by atoms with Crippen molar-refractivity contribution < 1.29 is 5.11 Å². The molecule has 84 valence electrons. The van der Waals surface area contributed by atoms with Crippen molar-refractivity contribution in [3.63, 3.8) is 0 Å². The number of hydrogen-bond donors (Lipinski definition) is 3. The predicted octanol–water partition coefficient (Wildman–Crippen LogP) is 1.09. The van der Waals surface area contributed by atoms with Crippen molar-refractivity contribution in [3.05, 3.63) is 44.7 Å². The molecule has 4 N–H and O–H groups in total. The Hall–Kier alpha value is -1.53. The molecule has 0 aliphatic carbocycles. The highest BCUT2D eigenvalue weighted by atomic mass is 79.9. The standard InChI is InChI=1S/C10H10BrN3O2/c11-7-3-1-2-4-8(7)14-10(16)6(5-12)9(15)13-14/h1-4,16H,5,12H2,(H,13,15). The third kappa shape index (κ3) is 1.66. The molecule has 0 radical (unpaired) electrons. The van der Waals surface area contributed by atoms with Crippen molar-refractivity contribution in [1.82, 2.24) is 9.78 Å². The minimum Gasteiger partial charge on any atom is -0.493 e. The Balaban J connectivity index is 2.66. The van der Waals surface area contributed by atoms with E-state index in [9.17, 15) is 9.90 Å². The van der Waals surface area contributed by atoms with E-state index in [1.54, 1.807) is 12.1 Å². The number of aromatic nitrogens is 2. The summed E-state index contributed by atoms with van der Waals surface area (Å²) in [5.41, 5.74) is 5.82. The first kappa shape index (κ1) is 11.0. The van der Waals surface area contributed by atoms with E-state index in [1.165, 1.54) is 4.68 Å². The predicted molar refractivity (Wildman–Crippen MR) is 63.6 cm³/mol. The van der Waals surface area contributed by atoms with E-state index in [0.717, 1.165) is 4.47 Å². The summed E-state index contributed by atoms with van der Waals surface area (Å²) in [6.07, 6.45) is 0. The van der Waals surface area contributed by atoms with Crippen LogP contribution in [0.25, 0.3) is 5.69 Å². The molecule has 1 aromatic heterocycles. The number of aromatic hydroxyl groups is 1. The van der Waals surface area contributed by atoms with Gasteiger partial charge in [-0.2, -0.15) is 0 Å². The zero-order valence-electron chi connectivity index (χ0n) is 8.27. The number of aromatic amines is 1. The molecule has 0 spiro atoms. The van der Waals surface area contributed by atoms with E-state index < -0.39 is 0 Å². The molecule has 0 saturated heterocycles. The monoisotopic (exact) mass is 283 g/mol. The van der Waals surface area contributed by atoms with Crippen molar-refractivity contribution in [3.8, 4) is 11.6 Å². The zero-order chi connectivity index (χ0) is 11.7. The summed E-state index contributed by atoms with van der Waals surface area (Å²) >= 11 is 3.34. The van der Waals surface area contributed by atoms with Gasteiger partial charge in [0.05, 0.1) is 11.3 Å². The molecule has 16 heavy (non-hydrogen) atoms. The first-order valence-corrected chi connectivity index (χ1v) is 5.42. The molecule has 0 saturated carbocycles. The van der Waals surface area contributed by atoms with Crippen molar-refractivity contribution in [1.29, 1.82) is 0 Å². The van der Waals surface area contributed by atoms with E-state index in [4.69, 9.17) is 5.73 Å². The Kier molecular flexibility index (Phi) is 2.84. The van der Waals surface area contributed by atoms with E-state index in [1.807, 2.05) is 12.1 Å². The Morgan fingerprint density at radius 3 is 2.69 bits per heavy atom. The highest BCUT2D eigenvalue weighted by Gasteiger charge is 2.14. The molecule has 0 atom stereocenters. The fourth-order valence-corrected chi connectivity index (χ4v) is 1.91. The van der Waals surface area contributed by atoms with Crippen LogP contribution in [0.5, 0.6) is 5.88 Å². The van der Waals surface area contributed by atoms with Crippen molar-refractivity contribution in [2.24, 2.45) is 5.73 Å². The molecule has 1 aromatic carbocycles. The summed E-state index contributed by atoms with van der Waals surface area (Å²) in [4.78, 5) is 11.4. The summed E-state index contributed by atoms with van der Waals surface area (Å²) in [6, 6.07) is 7.23. The van der Waals surface area contributed by atoms with Gasteiger partial charge in [0, 0.05) is 11.0 Å². The maximum Gasteiger partial charge on any atom is 0.272 e. The lowest BCUT2D eigenvalue weighted by Gasteiger charge is -2.06. The maximum absolute atomic E-state index is 11.4. The van der Waals surface area contributed by atoms with Crippen LogP contribution in [0.15, 0.2) is 33.5 Å². The number of hydrogen-bond acceptors (Lipinski definition) is 3. The Morgan fingerprint density at radius 2 is 2.12 bits per heavy atom. The van der Waals surface area contributed by atoms with Gasteiger partial charge in [0.25, 0.3) is 5.56 Å². The highest BCUT2D eigenvalue weighted by molar-refractivity contribution is 9.10. The number of benzene rings is 1. The molecular formula is C10H10BrN3O2. The van der Waals surface area contributed by atoms with Gasteiger partial charge in [-0.05, 0) is 28.1 Å². The van der Waals surface area contributed by atoms with E-state index >= 15 is 0 Å². The third-order valence-corrected chi connectivity index (χ3v) is 2.94. The minimum absolute atomic E-state index is 0.00137. The van der Waals surface area contributed by atoms with Gasteiger partial charge < -0.3 is 10.8 Å². The van der Waals surface area contributed by atoms with Crippen LogP contribution >= 0.6 is 15.9 Å². The second-order valence-corrected chi connectivity index (χ2v) is 4.09. The van der Waals surface area contributed by atoms with Crippen molar-refractivity contribution in [2.75, 3.05) is 0 Å². The molecule has 5 nitrogen and oxygen atoms in total. The van der Waals surface area contributed by atoms with Gasteiger partial charge in [-0.15, -0.1) is 0 Å². The van der Waals surface area contributed by atoms with Gasteiger partial charge in [0.1, 0.15) is 0 Å². The fraction of sp³-hybridized carbons (Fsp3) is 0.100. The number of halogens is 1. The summed E-state index contributed by atoms with van der Waals surface area (Å²) in [7, 11) is 0. The molecule has 0 aliphatic rings. The molecule has 2 rings (SSSR count). The van der Waals surface area contributed by atoms with Crippen LogP contribution in [0.1, 0.15) is 5.56 Å². The van der Waals surface area contributed by atoms with Crippen molar-refractivity contribution >= 4 is 15.9 Å². The van der Waals surface area contributed by atoms with E-state index in [2.05, 4.69) is 21.0 Å². The average molecular weight is 284 g/mol. The molecular weight excluding hydrogens is 274 g/mol. The molecule has 0 unspecified atom stereocenters. The lowest BCUT2D eigenvalue weighted by Crippen LogP contribution is -2.10. The molecule has 0 amide bonds. The number of H-pyrrole nitrogens is 1. The zero-order valence-corrected chi connectivity index (χ0v) is 9.86. The van der Waals surface area contributed by atoms with Gasteiger partial charge in [-0.1, -0.05) is 12.1 Å². The van der Waals surface area contributed by atoms with Gasteiger partial charge in [-0.3, -0.25) is 9.89 Å². The number of nitrogens with two attached hydrogens (primary N) is 1. The van der Waals surface area contributed by atoms with Gasteiger partial charge in [0.2, 0.25) is 5.88 Å². The Labute approximate surface area is 99.6 Å². The lowest BCUT2D eigenvalue weighted by atomic mass is 10.3. The third-order valence-electron chi connectivity index (χ3n) is 2.27. The van der Waals surface area contributed by atoms with Crippen LogP contribution in [0, 0.1) is 0 Å². The molecule has 2 aromatic rings. The molecule has 0 bridgehead atoms. The number of para-hydroxylation sites is 1. The largest absolute Gasteiger partial charge is 0.493 e. The molecule has 0 fully saturated rings. The Bertz CT molecular complexity index is 574. The van der Waals surface area contributed by atoms with Gasteiger partial charge in [0.15, 0.2) is 0 Å². The van der Waals surface area contributed by atoms with E-state index in [0.29, 0.717) is 5.69 Å². The fourth-order valence-electron chi connectivity index (χ4n) is 1.45. The summed E-state index contributed by atoms with van der Waals surface area (Å²) in [5, 5.41) is 12.3. The first-order valence-electron chi connectivity index (χ1n) is 4.63. The van der Waals surface area contributed by atoms with Crippen LogP contribution in [0.3, 0.4) is 0 Å². The second kappa shape index (κ2) is 4.15. The topological polar surface area (TPSA) is 84.0 Å². The second-order valence-electron chi connectivity index (χ2n) is 3.23. The number of nitrogens with one attached hydrogen (secondary N) is 1. The van der Waals surface area contributed by atoms with Gasteiger partial charge in [-0.25, -0.2) is 4.68 Å². The molecule has 6 heteroatoms. The van der Waals surface area contributed by atoms with Gasteiger partial charge >= 0.3 is 0 Å². The Morgan fingerprint density at radius 1 is 1.44 bits per heavy atom. The first-order chi connectivity index (χ1) is 7.65. The quantitative estimate of drug-likeness (QED) is 0.772. The van der Waals surface area contributed by atoms with Crippen LogP contribution in [0.4, 0.5) is 0 Å². The summed E-state index contributed by atoms with van der Waals surface area (Å²) in [6.45, 7) is -0.00137. The average Bonchev–Trinajstić information content (AvgIpc) is 2.55. The van der Waals surface area contributed by atoms with Crippen LogP contribution in [-0.2, 0) is 6.54 Å². The highest BCUT2D eigenvalue weighted by Crippen LogP contribution is 2.24. The number of nitrogens with zero attached hydrogens (tertiary/aromatic N) is 1. The minimum atomic E-state index is -0.379. The van der Waals surface area contributed by atoms with Crippen LogP contribution in [-0.4, -0.2) is 14.9 Å². The summed E-state index contributed by atoms with van der Waals surface area (Å²) < 4.78 is 2.06. The maximum atomic E-state index is 11.4. The molecule has 1 heterocycles. The van der Waals surface area contributed by atoms with Crippen LogP contribution in [0.2, 0.25) is 0 Å². The smallest absolute Gasteiger partial charge is 0.272 e. The summed E-state index contributed by atoms with van der Waals surface area (Å²) in [5.74, 6) is -0.153. The molecule has 0 aliphatic heterocycles. The van der Waals surface area contributed by atoms with Crippen LogP contribution < -0.4 is 11.3 Å². The van der Waals surface area contributed by atoms with E-state index in [-0.39, 0.29) is 23.5 Å². The number of rotatable bonds is 2. The SMILES string of the molecule is NCc1c(O)n(-c2ccccc2Br)[nH]c1=O.